The molecule has 0 saturated carbocycles. The molecule has 5 heteroatoms. The first-order valence-corrected chi connectivity index (χ1v) is 8.91. The molecule has 0 bridgehead atoms. The van der Waals surface area contributed by atoms with Crippen LogP contribution in [-0.2, 0) is 10.2 Å². The van der Waals surface area contributed by atoms with Crippen LogP contribution >= 0.6 is 0 Å². The van der Waals surface area contributed by atoms with E-state index in [1.54, 1.807) is 6.92 Å². The number of nitrogens with two attached hydrogens (primary N) is 1. The first-order chi connectivity index (χ1) is 13.0. The minimum atomic E-state index is -1.13. The van der Waals surface area contributed by atoms with Gasteiger partial charge in [-0.3, -0.25) is 9.59 Å². The number of carbonyl (C=O) groups excluding carboxylic acids is 2. The average molecular weight is 362 g/mol. The van der Waals surface area contributed by atoms with Crippen LogP contribution in [0.2, 0.25) is 0 Å². The predicted octanol–water partition coefficient (Wildman–Crippen LogP) is 3.99. The largest absolute Gasteiger partial charge is 0.434 e. The summed E-state index contributed by atoms with van der Waals surface area (Å²) in [5, 5.41) is 0. The summed E-state index contributed by atoms with van der Waals surface area (Å²) in [7, 11) is 0. The van der Waals surface area contributed by atoms with Crippen molar-refractivity contribution in [2.75, 3.05) is 0 Å². The van der Waals surface area contributed by atoms with E-state index in [0.717, 1.165) is 11.1 Å². The minimum absolute atomic E-state index is 0.0207. The van der Waals surface area contributed by atoms with Crippen molar-refractivity contribution >= 4 is 11.7 Å². The van der Waals surface area contributed by atoms with Crippen molar-refractivity contribution in [1.29, 1.82) is 0 Å². The first-order valence-electron chi connectivity index (χ1n) is 8.91. The molecule has 0 saturated heterocycles. The molecule has 138 valence electrons. The molecular formula is C22H22N2O3. The Morgan fingerprint density at radius 2 is 1.67 bits per heavy atom. The van der Waals surface area contributed by atoms with Crippen LogP contribution in [0.4, 0.5) is 0 Å². The summed E-state index contributed by atoms with van der Waals surface area (Å²) in [6.07, 6.45) is 1.92. The molecule has 1 aromatic heterocycles. The van der Waals surface area contributed by atoms with Crippen molar-refractivity contribution in [1.82, 2.24) is 4.98 Å². The summed E-state index contributed by atoms with van der Waals surface area (Å²) >= 11 is 0. The Bertz CT molecular complexity index is 934. The van der Waals surface area contributed by atoms with Crippen molar-refractivity contribution < 1.29 is 14.0 Å². The molecule has 3 aromatic rings. The van der Waals surface area contributed by atoms with Crippen molar-refractivity contribution in [2.45, 2.75) is 25.7 Å². The van der Waals surface area contributed by atoms with Crippen molar-refractivity contribution in [2.24, 2.45) is 11.7 Å². The van der Waals surface area contributed by atoms with Crippen molar-refractivity contribution in [3.8, 4) is 11.3 Å². The molecule has 5 nitrogen and oxygen atoms in total. The molecular weight excluding hydrogens is 340 g/mol. The highest BCUT2D eigenvalue weighted by atomic mass is 16.4. The van der Waals surface area contributed by atoms with Crippen molar-refractivity contribution in [3.63, 3.8) is 0 Å². The quantitative estimate of drug-likeness (QED) is 0.644. The van der Waals surface area contributed by atoms with E-state index in [9.17, 15) is 9.59 Å². The summed E-state index contributed by atoms with van der Waals surface area (Å²) in [5.41, 5.74) is 6.02. The summed E-state index contributed by atoms with van der Waals surface area (Å²) in [5.74, 6) is -1.12. The van der Waals surface area contributed by atoms with E-state index in [0.29, 0.717) is 12.2 Å². The third kappa shape index (κ3) is 3.28. The van der Waals surface area contributed by atoms with Crippen LogP contribution in [0.3, 0.4) is 0 Å². The number of hydrogen-bond donors (Lipinski definition) is 1. The SMILES string of the molecule is CCC(C(=O)c1ncc(-c2ccccc2)o1)(c1ccccc1)C(C)C(N)=O. The number of amides is 1. The monoisotopic (exact) mass is 362 g/mol. The normalized spacial score (nSPS) is 14.3. The molecule has 2 unspecified atom stereocenters. The van der Waals surface area contributed by atoms with Gasteiger partial charge in [0.1, 0.15) is 0 Å². The Labute approximate surface area is 158 Å². The second kappa shape index (κ2) is 7.58. The highest BCUT2D eigenvalue weighted by Crippen LogP contribution is 2.39. The molecule has 1 amide bonds. The maximum absolute atomic E-state index is 13.5. The molecule has 0 aliphatic carbocycles. The lowest BCUT2D eigenvalue weighted by atomic mass is 9.65. The fourth-order valence-electron chi connectivity index (χ4n) is 3.53. The van der Waals surface area contributed by atoms with E-state index in [4.69, 9.17) is 10.2 Å². The number of nitrogens with zero attached hydrogens (tertiary/aromatic N) is 1. The van der Waals surface area contributed by atoms with Crippen LogP contribution in [0.5, 0.6) is 0 Å². The molecule has 0 radical (unpaired) electrons. The third-order valence-electron chi connectivity index (χ3n) is 5.18. The molecule has 2 N–H and O–H groups in total. The number of benzene rings is 2. The molecule has 0 spiro atoms. The first kappa shape index (κ1) is 18.6. The van der Waals surface area contributed by atoms with Gasteiger partial charge in [0.2, 0.25) is 11.7 Å². The molecule has 0 aliphatic rings. The van der Waals surface area contributed by atoms with E-state index < -0.39 is 17.2 Å². The molecule has 0 fully saturated rings. The molecule has 1 heterocycles. The Hall–Kier alpha value is -3.21. The van der Waals surface area contributed by atoms with Crippen LogP contribution in [0.1, 0.15) is 36.5 Å². The molecule has 2 atom stereocenters. The van der Waals surface area contributed by atoms with Crippen LogP contribution in [0.25, 0.3) is 11.3 Å². The van der Waals surface area contributed by atoms with E-state index >= 15 is 0 Å². The number of carbonyl (C=O) groups is 2. The summed E-state index contributed by atoms with van der Waals surface area (Å²) in [6.45, 7) is 3.54. The Morgan fingerprint density at radius 3 is 2.22 bits per heavy atom. The van der Waals surface area contributed by atoms with Gasteiger partial charge in [-0.15, -0.1) is 0 Å². The topological polar surface area (TPSA) is 86.2 Å². The van der Waals surface area contributed by atoms with Gasteiger partial charge in [0, 0.05) is 5.56 Å². The lowest BCUT2D eigenvalue weighted by Gasteiger charge is -2.34. The van der Waals surface area contributed by atoms with Crippen LogP contribution in [0.15, 0.2) is 71.3 Å². The standard InChI is InChI=1S/C22H22N2O3/c1-3-22(15(2)20(23)26,17-12-8-5-9-13-17)19(25)21-24-14-18(27-21)16-10-6-4-7-11-16/h4-15H,3H2,1-2H3,(H2,23,26). The fourth-order valence-corrected chi connectivity index (χ4v) is 3.53. The number of ketones is 1. The van der Waals surface area contributed by atoms with Crippen molar-refractivity contribution in [3.05, 3.63) is 78.3 Å². The van der Waals surface area contributed by atoms with E-state index in [1.807, 2.05) is 67.6 Å². The van der Waals surface area contributed by atoms with Gasteiger partial charge in [-0.05, 0) is 12.0 Å². The second-order valence-electron chi connectivity index (χ2n) is 6.54. The van der Waals surface area contributed by atoms with Crippen LogP contribution in [-0.4, -0.2) is 16.7 Å². The molecule has 0 aliphatic heterocycles. The van der Waals surface area contributed by atoms with Gasteiger partial charge in [-0.25, -0.2) is 4.98 Å². The van der Waals surface area contributed by atoms with Gasteiger partial charge in [0.25, 0.3) is 5.89 Å². The maximum atomic E-state index is 13.5. The molecule has 2 aromatic carbocycles. The van der Waals surface area contributed by atoms with Crippen LogP contribution in [0, 0.1) is 5.92 Å². The average Bonchev–Trinajstić information content (AvgIpc) is 3.20. The minimum Gasteiger partial charge on any atom is -0.434 e. The van der Waals surface area contributed by atoms with Gasteiger partial charge in [-0.2, -0.15) is 0 Å². The summed E-state index contributed by atoms with van der Waals surface area (Å²) in [4.78, 5) is 29.8. The molecule has 3 rings (SSSR count). The Balaban J connectivity index is 2.09. The van der Waals surface area contributed by atoms with E-state index in [2.05, 4.69) is 4.98 Å². The number of aromatic nitrogens is 1. The van der Waals surface area contributed by atoms with E-state index in [1.165, 1.54) is 6.20 Å². The molecule has 27 heavy (non-hydrogen) atoms. The zero-order valence-electron chi connectivity index (χ0n) is 15.4. The van der Waals surface area contributed by atoms with Gasteiger partial charge < -0.3 is 10.2 Å². The maximum Gasteiger partial charge on any atom is 0.264 e. The second-order valence-corrected chi connectivity index (χ2v) is 6.54. The zero-order chi connectivity index (χ0) is 19.4. The Kier molecular flexibility index (Phi) is 5.21. The lowest BCUT2D eigenvalue weighted by molar-refractivity contribution is -0.123. The summed E-state index contributed by atoms with van der Waals surface area (Å²) < 4.78 is 5.78. The van der Waals surface area contributed by atoms with Gasteiger partial charge in [0.05, 0.1) is 17.5 Å². The lowest BCUT2D eigenvalue weighted by Crippen LogP contribution is -2.47. The Morgan fingerprint density at radius 1 is 1.07 bits per heavy atom. The smallest absolute Gasteiger partial charge is 0.264 e. The number of rotatable bonds is 7. The summed E-state index contributed by atoms with van der Waals surface area (Å²) in [6, 6.07) is 18.6. The van der Waals surface area contributed by atoms with Gasteiger partial charge in [0.15, 0.2) is 5.76 Å². The highest BCUT2D eigenvalue weighted by Gasteiger charge is 2.48. The van der Waals surface area contributed by atoms with Crippen LogP contribution < -0.4 is 5.73 Å². The number of hydrogen-bond acceptors (Lipinski definition) is 4. The highest BCUT2D eigenvalue weighted by molar-refractivity contribution is 6.04. The third-order valence-corrected chi connectivity index (χ3v) is 5.18. The van der Waals surface area contributed by atoms with Gasteiger partial charge >= 0.3 is 0 Å². The number of primary amides is 1. The number of oxazole rings is 1. The predicted molar refractivity (Wildman–Crippen MR) is 103 cm³/mol. The fraction of sp³-hybridized carbons (Fsp3) is 0.227. The van der Waals surface area contributed by atoms with E-state index in [-0.39, 0.29) is 11.7 Å². The van der Waals surface area contributed by atoms with Gasteiger partial charge in [-0.1, -0.05) is 74.5 Å². The zero-order valence-corrected chi connectivity index (χ0v) is 15.4. The number of Topliss-reactive ketones (excluding diaryl/α,β-unsaturated/α-hetero) is 1.